The van der Waals surface area contributed by atoms with Gasteiger partial charge < -0.3 is 9.80 Å². The van der Waals surface area contributed by atoms with Crippen molar-refractivity contribution in [3.05, 3.63) is 12.4 Å². The average molecular weight is 295 g/mol. The third kappa shape index (κ3) is 6.76. The molecule has 0 saturated carbocycles. The summed E-state index contributed by atoms with van der Waals surface area (Å²) in [6.07, 6.45) is 19.0. The summed E-state index contributed by atoms with van der Waals surface area (Å²) in [7, 11) is 0. The van der Waals surface area contributed by atoms with E-state index in [-0.39, 0.29) is 0 Å². The largest absolute Gasteiger partial charge is 0.356 e. The Morgan fingerprint density at radius 3 is 2.05 bits per heavy atom. The highest BCUT2D eigenvalue weighted by Crippen LogP contribution is 2.24. The van der Waals surface area contributed by atoms with Crippen LogP contribution in [0.3, 0.4) is 0 Å². The minimum atomic E-state index is 0.613. The van der Waals surface area contributed by atoms with Crippen LogP contribution in [0.5, 0.6) is 0 Å². The lowest BCUT2D eigenvalue weighted by Crippen LogP contribution is -2.42. The first-order chi connectivity index (χ1) is 10.2. The summed E-state index contributed by atoms with van der Waals surface area (Å²) >= 11 is 0. The van der Waals surface area contributed by atoms with E-state index < -0.39 is 0 Å². The van der Waals surface area contributed by atoms with Gasteiger partial charge in [0.2, 0.25) is 0 Å². The van der Waals surface area contributed by atoms with Crippen LogP contribution in [0, 0.1) is 0 Å². The zero-order chi connectivity index (χ0) is 15.5. The topological polar surface area (TPSA) is 6.48 Å². The summed E-state index contributed by atoms with van der Waals surface area (Å²) in [5.74, 6) is 0. The highest BCUT2D eigenvalue weighted by atomic mass is 15.4. The standard InChI is InChI=1S/C19H38N2/c1-5-7-9-10-11-12-13-15-20-16-17-21(18(3)4)19(20)14-8-6-2/h16-19H,5-15H2,1-4H3. The molecule has 0 amide bonds. The second-order valence-electron chi connectivity index (χ2n) is 6.82. The van der Waals surface area contributed by atoms with Gasteiger partial charge in [0.1, 0.15) is 6.17 Å². The van der Waals surface area contributed by atoms with Crippen molar-refractivity contribution in [1.82, 2.24) is 9.80 Å². The van der Waals surface area contributed by atoms with E-state index in [1.807, 2.05) is 0 Å². The molecule has 0 bridgehead atoms. The number of hydrogen-bond donors (Lipinski definition) is 0. The molecule has 1 atom stereocenters. The minimum Gasteiger partial charge on any atom is -0.356 e. The maximum atomic E-state index is 2.59. The molecule has 2 nitrogen and oxygen atoms in total. The van der Waals surface area contributed by atoms with Gasteiger partial charge in [-0.05, 0) is 33.1 Å². The van der Waals surface area contributed by atoms with Gasteiger partial charge in [0, 0.05) is 25.0 Å². The molecule has 0 aliphatic carbocycles. The Hall–Kier alpha value is -0.660. The minimum absolute atomic E-state index is 0.613. The zero-order valence-electron chi connectivity index (χ0n) is 15.0. The molecular weight excluding hydrogens is 256 g/mol. The molecule has 0 aromatic rings. The molecular formula is C19H38N2. The molecule has 0 saturated heterocycles. The van der Waals surface area contributed by atoms with Crippen molar-refractivity contribution in [1.29, 1.82) is 0 Å². The molecule has 0 aromatic carbocycles. The lowest BCUT2D eigenvalue weighted by atomic mass is 10.1. The van der Waals surface area contributed by atoms with Crippen LogP contribution in [0.25, 0.3) is 0 Å². The highest BCUT2D eigenvalue weighted by Gasteiger charge is 2.26. The van der Waals surface area contributed by atoms with Crippen molar-refractivity contribution in [2.24, 2.45) is 0 Å². The molecule has 1 aliphatic rings. The van der Waals surface area contributed by atoms with Gasteiger partial charge in [-0.1, -0.05) is 58.8 Å². The Labute approximate surface area is 133 Å². The second-order valence-corrected chi connectivity index (χ2v) is 6.82. The van der Waals surface area contributed by atoms with Crippen LogP contribution >= 0.6 is 0 Å². The third-order valence-electron chi connectivity index (χ3n) is 4.59. The first-order valence-electron chi connectivity index (χ1n) is 9.42. The van der Waals surface area contributed by atoms with E-state index in [2.05, 4.69) is 49.9 Å². The predicted octanol–water partition coefficient (Wildman–Crippen LogP) is 5.75. The number of rotatable bonds is 12. The van der Waals surface area contributed by atoms with Crippen LogP contribution in [-0.2, 0) is 0 Å². The van der Waals surface area contributed by atoms with Crippen molar-refractivity contribution < 1.29 is 0 Å². The fraction of sp³-hybridized carbons (Fsp3) is 0.895. The van der Waals surface area contributed by atoms with Gasteiger partial charge in [-0.25, -0.2) is 0 Å². The molecule has 0 N–H and O–H groups in total. The number of nitrogens with zero attached hydrogens (tertiary/aromatic N) is 2. The van der Waals surface area contributed by atoms with E-state index in [9.17, 15) is 0 Å². The average Bonchev–Trinajstić information content (AvgIpc) is 2.87. The van der Waals surface area contributed by atoms with E-state index in [1.165, 1.54) is 70.8 Å². The summed E-state index contributed by atoms with van der Waals surface area (Å²) in [5.41, 5.74) is 0. The molecule has 1 heterocycles. The summed E-state index contributed by atoms with van der Waals surface area (Å²) in [6.45, 7) is 10.4. The van der Waals surface area contributed by atoms with Gasteiger partial charge in [0.25, 0.3) is 0 Å². The second kappa shape index (κ2) is 11.0. The Kier molecular flexibility index (Phi) is 9.62. The van der Waals surface area contributed by atoms with Crippen LogP contribution < -0.4 is 0 Å². The van der Waals surface area contributed by atoms with E-state index >= 15 is 0 Å². The molecule has 0 aromatic heterocycles. The number of hydrogen-bond acceptors (Lipinski definition) is 2. The van der Waals surface area contributed by atoms with Gasteiger partial charge in [-0.2, -0.15) is 0 Å². The summed E-state index contributed by atoms with van der Waals surface area (Å²) in [5, 5.41) is 0. The third-order valence-corrected chi connectivity index (χ3v) is 4.59. The maximum absolute atomic E-state index is 2.59. The summed E-state index contributed by atoms with van der Waals surface area (Å²) < 4.78 is 0. The smallest absolute Gasteiger partial charge is 0.101 e. The van der Waals surface area contributed by atoms with E-state index in [0.717, 1.165) is 0 Å². The van der Waals surface area contributed by atoms with Crippen LogP contribution in [0.15, 0.2) is 12.4 Å². The van der Waals surface area contributed by atoms with Gasteiger partial charge >= 0.3 is 0 Å². The Morgan fingerprint density at radius 1 is 0.810 bits per heavy atom. The SMILES string of the molecule is CCCCCCCCCN1C=CN(C(C)C)C1CCCC. The first kappa shape index (κ1) is 18.4. The van der Waals surface area contributed by atoms with E-state index in [4.69, 9.17) is 0 Å². The summed E-state index contributed by atoms with van der Waals surface area (Å²) in [4.78, 5) is 5.12. The van der Waals surface area contributed by atoms with Crippen LogP contribution in [-0.4, -0.2) is 28.6 Å². The van der Waals surface area contributed by atoms with Crippen LogP contribution in [0.4, 0.5) is 0 Å². The maximum Gasteiger partial charge on any atom is 0.101 e. The Bertz CT molecular complexity index is 273. The Balaban J connectivity index is 2.24. The molecule has 1 unspecified atom stereocenters. The van der Waals surface area contributed by atoms with Gasteiger partial charge in [0.15, 0.2) is 0 Å². The van der Waals surface area contributed by atoms with Crippen molar-refractivity contribution in [3.63, 3.8) is 0 Å². The molecule has 2 heteroatoms. The predicted molar refractivity (Wildman–Crippen MR) is 94.1 cm³/mol. The zero-order valence-corrected chi connectivity index (χ0v) is 15.0. The van der Waals surface area contributed by atoms with E-state index in [0.29, 0.717) is 12.2 Å². The molecule has 0 radical (unpaired) electrons. The quantitative estimate of drug-likeness (QED) is 0.423. The fourth-order valence-electron chi connectivity index (χ4n) is 3.23. The molecule has 1 rings (SSSR count). The molecule has 0 spiro atoms. The number of unbranched alkanes of at least 4 members (excludes halogenated alkanes) is 7. The normalized spacial score (nSPS) is 18.2. The van der Waals surface area contributed by atoms with Crippen molar-refractivity contribution in [2.45, 2.75) is 104 Å². The van der Waals surface area contributed by atoms with Crippen molar-refractivity contribution in [3.8, 4) is 0 Å². The lowest BCUT2D eigenvalue weighted by molar-refractivity contribution is 0.114. The monoisotopic (exact) mass is 294 g/mol. The van der Waals surface area contributed by atoms with Gasteiger partial charge in [-0.3, -0.25) is 0 Å². The highest BCUT2D eigenvalue weighted by molar-refractivity contribution is 4.98. The Morgan fingerprint density at radius 2 is 1.43 bits per heavy atom. The fourth-order valence-corrected chi connectivity index (χ4v) is 3.23. The van der Waals surface area contributed by atoms with Crippen molar-refractivity contribution >= 4 is 0 Å². The van der Waals surface area contributed by atoms with E-state index in [1.54, 1.807) is 0 Å². The molecule has 21 heavy (non-hydrogen) atoms. The van der Waals surface area contributed by atoms with Crippen LogP contribution in [0.2, 0.25) is 0 Å². The van der Waals surface area contributed by atoms with Crippen molar-refractivity contribution in [2.75, 3.05) is 6.54 Å². The summed E-state index contributed by atoms with van der Waals surface area (Å²) in [6, 6.07) is 0.613. The molecule has 124 valence electrons. The van der Waals surface area contributed by atoms with Gasteiger partial charge in [-0.15, -0.1) is 0 Å². The first-order valence-corrected chi connectivity index (χ1v) is 9.42. The molecule has 1 aliphatic heterocycles. The van der Waals surface area contributed by atoms with Crippen LogP contribution in [0.1, 0.15) is 91.9 Å². The lowest BCUT2D eigenvalue weighted by Gasteiger charge is -2.35. The van der Waals surface area contributed by atoms with Gasteiger partial charge in [0.05, 0.1) is 0 Å². The molecule has 0 fully saturated rings.